The van der Waals surface area contributed by atoms with Crippen LogP contribution in [0.1, 0.15) is 11.6 Å². The molecule has 1 atom stereocenters. The van der Waals surface area contributed by atoms with Gasteiger partial charge < -0.3 is 10.6 Å². The highest BCUT2D eigenvalue weighted by atomic mass is 79.9. The van der Waals surface area contributed by atoms with Crippen molar-refractivity contribution >= 4 is 27.6 Å². The van der Waals surface area contributed by atoms with E-state index in [2.05, 4.69) is 20.9 Å². The highest BCUT2D eigenvalue weighted by Gasteiger charge is 2.31. The lowest BCUT2D eigenvalue weighted by molar-refractivity contribution is 0.491. The fourth-order valence-corrected chi connectivity index (χ4v) is 2.69. The molecule has 3 rings (SSSR count). The second-order valence-electron chi connectivity index (χ2n) is 4.70. The lowest BCUT2D eigenvalue weighted by atomic mass is 10.0. The monoisotopic (exact) mass is 351 g/mol. The third kappa shape index (κ3) is 2.51. The second kappa shape index (κ2) is 5.44. The molecule has 1 heterocycles. The first-order valence-electron chi connectivity index (χ1n) is 6.36. The van der Waals surface area contributed by atoms with Crippen molar-refractivity contribution in [3.8, 4) is 0 Å². The summed E-state index contributed by atoms with van der Waals surface area (Å²) in [4.78, 5) is 5.88. The topological polar surface area (TPSA) is 41.6 Å². The SMILES string of the molecule is NC1=NCC(c2cccc(F)c2F)N1c1ccc(Br)cc1. The van der Waals surface area contributed by atoms with Crippen LogP contribution in [0.25, 0.3) is 0 Å². The minimum atomic E-state index is -0.867. The van der Waals surface area contributed by atoms with Gasteiger partial charge in [0.05, 0.1) is 12.6 Å². The molecule has 21 heavy (non-hydrogen) atoms. The summed E-state index contributed by atoms with van der Waals surface area (Å²) in [6.07, 6.45) is 0. The summed E-state index contributed by atoms with van der Waals surface area (Å²) >= 11 is 3.36. The summed E-state index contributed by atoms with van der Waals surface area (Å²) in [6.45, 7) is 0.294. The van der Waals surface area contributed by atoms with Gasteiger partial charge in [-0.1, -0.05) is 28.1 Å². The molecule has 0 saturated carbocycles. The number of rotatable bonds is 2. The van der Waals surface area contributed by atoms with Crippen LogP contribution in [-0.4, -0.2) is 12.5 Å². The average Bonchev–Trinajstić information content (AvgIpc) is 2.85. The smallest absolute Gasteiger partial charge is 0.196 e. The lowest BCUT2D eigenvalue weighted by Gasteiger charge is -2.27. The van der Waals surface area contributed by atoms with Gasteiger partial charge >= 0.3 is 0 Å². The molecule has 108 valence electrons. The maximum atomic E-state index is 14.0. The first-order chi connectivity index (χ1) is 10.1. The Bertz CT molecular complexity index is 701. The Labute approximate surface area is 129 Å². The molecule has 0 radical (unpaired) electrons. The van der Waals surface area contributed by atoms with Crippen LogP contribution in [0.5, 0.6) is 0 Å². The fourth-order valence-electron chi connectivity index (χ4n) is 2.43. The van der Waals surface area contributed by atoms with E-state index in [4.69, 9.17) is 5.73 Å². The average molecular weight is 352 g/mol. The van der Waals surface area contributed by atoms with Crippen molar-refractivity contribution in [2.45, 2.75) is 6.04 Å². The van der Waals surface area contributed by atoms with Crippen molar-refractivity contribution in [3.05, 3.63) is 64.1 Å². The maximum absolute atomic E-state index is 14.0. The van der Waals surface area contributed by atoms with Gasteiger partial charge in [0, 0.05) is 15.7 Å². The van der Waals surface area contributed by atoms with E-state index in [0.717, 1.165) is 16.2 Å². The van der Waals surface area contributed by atoms with E-state index in [1.165, 1.54) is 6.07 Å². The standard InChI is InChI=1S/C15H12BrF2N3/c16-9-4-6-10(7-5-9)21-13(8-20-15(21)19)11-2-1-3-12(17)14(11)18/h1-7,13H,8H2,(H2,19,20). The van der Waals surface area contributed by atoms with Crippen LogP contribution < -0.4 is 10.6 Å². The van der Waals surface area contributed by atoms with Gasteiger partial charge in [0.1, 0.15) is 0 Å². The highest BCUT2D eigenvalue weighted by Crippen LogP contribution is 2.33. The number of guanidine groups is 1. The van der Waals surface area contributed by atoms with Crippen molar-refractivity contribution in [2.75, 3.05) is 11.4 Å². The molecule has 0 aromatic heterocycles. The van der Waals surface area contributed by atoms with Crippen molar-refractivity contribution in [1.29, 1.82) is 0 Å². The Morgan fingerprint density at radius 2 is 1.86 bits per heavy atom. The molecule has 0 saturated heterocycles. The molecule has 0 fully saturated rings. The predicted molar refractivity (Wildman–Crippen MR) is 82.2 cm³/mol. The molecule has 3 nitrogen and oxygen atoms in total. The normalized spacial score (nSPS) is 18.0. The van der Waals surface area contributed by atoms with Gasteiger partial charge in [-0.25, -0.2) is 8.78 Å². The van der Waals surface area contributed by atoms with Crippen molar-refractivity contribution in [1.82, 2.24) is 0 Å². The highest BCUT2D eigenvalue weighted by molar-refractivity contribution is 9.10. The minimum Gasteiger partial charge on any atom is -0.369 e. The Morgan fingerprint density at radius 1 is 1.14 bits per heavy atom. The van der Waals surface area contributed by atoms with E-state index in [9.17, 15) is 8.78 Å². The van der Waals surface area contributed by atoms with E-state index in [1.54, 1.807) is 11.0 Å². The van der Waals surface area contributed by atoms with Crippen LogP contribution in [0.2, 0.25) is 0 Å². The van der Waals surface area contributed by atoms with Crippen LogP contribution in [0.3, 0.4) is 0 Å². The predicted octanol–water partition coefficient (Wildman–Crippen LogP) is 3.60. The molecule has 6 heteroatoms. The third-order valence-electron chi connectivity index (χ3n) is 3.43. The molecule has 1 unspecified atom stereocenters. The Morgan fingerprint density at radius 3 is 2.57 bits per heavy atom. The summed E-state index contributed by atoms with van der Waals surface area (Å²) in [5, 5.41) is 0. The van der Waals surface area contributed by atoms with Crippen molar-refractivity contribution in [2.24, 2.45) is 10.7 Å². The van der Waals surface area contributed by atoms with Gasteiger partial charge in [-0.05, 0) is 30.3 Å². The van der Waals surface area contributed by atoms with Gasteiger partial charge in [-0.3, -0.25) is 4.99 Å². The molecule has 0 aliphatic carbocycles. The second-order valence-corrected chi connectivity index (χ2v) is 5.62. The summed E-state index contributed by atoms with van der Waals surface area (Å²) in [6, 6.07) is 11.1. The van der Waals surface area contributed by atoms with Crippen LogP contribution in [0.4, 0.5) is 14.5 Å². The van der Waals surface area contributed by atoms with E-state index in [-0.39, 0.29) is 5.56 Å². The summed E-state index contributed by atoms with van der Waals surface area (Å²) in [5.41, 5.74) is 6.95. The van der Waals surface area contributed by atoms with E-state index >= 15 is 0 Å². The maximum Gasteiger partial charge on any atom is 0.196 e. The van der Waals surface area contributed by atoms with E-state index in [1.807, 2.05) is 24.3 Å². The van der Waals surface area contributed by atoms with Crippen LogP contribution in [0.15, 0.2) is 51.9 Å². The first-order valence-corrected chi connectivity index (χ1v) is 7.16. The Kier molecular flexibility index (Phi) is 3.63. The molecule has 1 aliphatic rings. The number of anilines is 1. The fraction of sp³-hybridized carbons (Fsp3) is 0.133. The van der Waals surface area contributed by atoms with Crippen molar-refractivity contribution < 1.29 is 8.78 Å². The van der Waals surface area contributed by atoms with Crippen LogP contribution in [0, 0.1) is 11.6 Å². The summed E-state index contributed by atoms with van der Waals surface area (Å²) in [5.74, 6) is -1.42. The zero-order chi connectivity index (χ0) is 15.0. The molecule has 0 bridgehead atoms. The largest absolute Gasteiger partial charge is 0.369 e. The van der Waals surface area contributed by atoms with Gasteiger partial charge in [0.15, 0.2) is 17.6 Å². The lowest BCUT2D eigenvalue weighted by Crippen LogP contribution is -2.36. The van der Waals surface area contributed by atoms with Gasteiger partial charge in [0.25, 0.3) is 0 Å². The van der Waals surface area contributed by atoms with Gasteiger partial charge in [-0.15, -0.1) is 0 Å². The number of hydrogen-bond donors (Lipinski definition) is 1. The number of nitrogens with two attached hydrogens (primary N) is 1. The molecule has 1 aliphatic heterocycles. The van der Waals surface area contributed by atoms with Gasteiger partial charge in [-0.2, -0.15) is 0 Å². The summed E-state index contributed by atoms with van der Waals surface area (Å²) in [7, 11) is 0. The first kappa shape index (κ1) is 14.0. The minimum absolute atomic E-state index is 0.252. The Balaban J connectivity index is 2.03. The van der Waals surface area contributed by atoms with E-state index in [0.29, 0.717) is 12.5 Å². The Hall–Kier alpha value is -1.95. The summed E-state index contributed by atoms with van der Waals surface area (Å²) < 4.78 is 28.4. The van der Waals surface area contributed by atoms with Gasteiger partial charge in [0.2, 0.25) is 0 Å². The number of halogens is 3. The number of nitrogens with zero attached hydrogens (tertiary/aromatic N) is 2. The molecule has 0 amide bonds. The number of aliphatic imine (C=N–C) groups is 1. The zero-order valence-corrected chi connectivity index (χ0v) is 12.5. The van der Waals surface area contributed by atoms with Crippen molar-refractivity contribution in [3.63, 3.8) is 0 Å². The molecule has 0 spiro atoms. The molecule has 2 N–H and O–H groups in total. The molecular weight excluding hydrogens is 340 g/mol. The molecular formula is C15H12BrF2N3. The number of hydrogen-bond acceptors (Lipinski definition) is 3. The molecule has 2 aromatic rings. The number of benzene rings is 2. The van der Waals surface area contributed by atoms with E-state index < -0.39 is 17.7 Å². The van der Waals surface area contributed by atoms with Crippen LogP contribution in [-0.2, 0) is 0 Å². The van der Waals surface area contributed by atoms with Crippen LogP contribution >= 0.6 is 15.9 Å². The third-order valence-corrected chi connectivity index (χ3v) is 3.96. The zero-order valence-electron chi connectivity index (χ0n) is 10.9. The quantitative estimate of drug-likeness (QED) is 0.897. The molecule has 2 aromatic carbocycles.